The molecule has 0 fully saturated rings. The topological polar surface area (TPSA) is 12.9 Å². The first kappa shape index (κ1) is 14.6. The maximum absolute atomic E-state index is 12.5. The molecule has 0 aliphatic rings. The van der Waals surface area contributed by atoms with Crippen molar-refractivity contribution in [2.24, 2.45) is 5.92 Å². The highest BCUT2D eigenvalue weighted by Crippen LogP contribution is 2.34. The van der Waals surface area contributed by atoms with E-state index in [1.807, 2.05) is 20.8 Å². The molecule has 0 saturated heterocycles. The second kappa shape index (κ2) is 5.48. The Hall–Kier alpha value is -0.420. The monoisotopic (exact) mass is 283 g/mol. The van der Waals surface area contributed by atoms with Crippen LogP contribution in [0.3, 0.4) is 0 Å². The van der Waals surface area contributed by atoms with Crippen LogP contribution in [-0.4, -0.2) is 10.2 Å². The fraction of sp³-hybridized carbons (Fsp3) is 0.545. The van der Waals surface area contributed by atoms with Gasteiger partial charge in [-0.05, 0) is 18.1 Å². The first-order chi connectivity index (χ1) is 7.70. The Morgan fingerprint density at radius 1 is 1.24 bits per heavy atom. The highest BCUT2D eigenvalue weighted by Gasteiger charge is 2.31. The molecular weight excluding hydrogens is 271 g/mol. The van der Waals surface area contributed by atoms with Crippen LogP contribution in [0.4, 0.5) is 13.2 Å². The van der Waals surface area contributed by atoms with E-state index in [1.165, 1.54) is 11.8 Å². The molecule has 0 bridgehead atoms. The lowest BCUT2D eigenvalue weighted by atomic mass is 10.2. The molecule has 0 aliphatic carbocycles. The predicted octanol–water partition coefficient (Wildman–Crippen LogP) is 4.89. The molecule has 1 aromatic rings. The van der Waals surface area contributed by atoms with Crippen LogP contribution < -0.4 is 0 Å². The number of aromatic nitrogens is 1. The molecule has 0 saturated carbocycles. The smallest absolute Gasteiger partial charge is 0.230 e. The molecule has 1 atom stereocenters. The summed E-state index contributed by atoms with van der Waals surface area (Å²) in [6.45, 7) is 5.96. The fourth-order valence-corrected chi connectivity index (χ4v) is 2.28. The van der Waals surface area contributed by atoms with Crippen molar-refractivity contribution in [3.05, 3.63) is 22.8 Å². The number of thioether (sulfide) groups is 1. The second-order valence-corrected chi connectivity index (χ2v) is 5.87. The van der Waals surface area contributed by atoms with Crippen LogP contribution >= 0.6 is 23.4 Å². The van der Waals surface area contributed by atoms with Gasteiger partial charge in [0.25, 0.3) is 0 Å². The van der Waals surface area contributed by atoms with E-state index in [4.69, 9.17) is 11.6 Å². The number of nitrogens with zero attached hydrogens (tertiary/aromatic N) is 1. The van der Waals surface area contributed by atoms with Gasteiger partial charge in [-0.1, -0.05) is 32.4 Å². The first-order valence-corrected chi connectivity index (χ1v) is 6.37. The highest BCUT2D eigenvalue weighted by molar-refractivity contribution is 7.99. The summed E-state index contributed by atoms with van der Waals surface area (Å²) in [6.07, 6.45) is -4.39. The van der Waals surface area contributed by atoms with Crippen LogP contribution in [0.2, 0.25) is 5.15 Å². The van der Waals surface area contributed by atoms with Gasteiger partial charge in [0, 0.05) is 5.25 Å². The summed E-state index contributed by atoms with van der Waals surface area (Å²) >= 11 is 6.90. The zero-order valence-corrected chi connectivity index (χ0v) is 11.2. The van der Waals surface area contributed by atoms with Crippen LogP contribution in [0.25, 0.3) is 0 Å². The molecule has 0 aromatic carbocycles. The number of hydrogen-bond donors (Lipinski definition) is 0. The lowest BCUT2D eigenvalue weighted by molar-refractivity contribution is -0.137. The Balaban J connectivity index is 2.98. The third-order valence-electron chi connectivity index (χ3n) is 2.34. The molecule has 1 nitrogen and oxygen atoms in total. The lowest BCUT2D eigenvalue weighted by Gasteiger charge is -2.15. The molecule has 0 amide bonds. The third-order valence-corrected chi connectivity index (χ3v) is 3.90. The molecule has 0 spiro atoms. The minimum Gasteiger partial charge on any atom is -0.230 e. The normalized spacial score (nSPS) is 14.1. The highest BCUT2D eigenvalue weighted by atomic mass is 35.5. The quantitative estimate of drug-likeness (QED) is 0.578. The van der Waals surface area contributed by atoms with Gasteiger partial charge in [0.1, 0.15) is 5.15 Å². The maximum atomic E-state index is 12.5. The summed E-state index contributed by atoms with van der Waals surface area (Å²) in [5.74, 6) is 0.357. The van der Waals surface area contributed by atoms with E-state index in [2.05, 4.69) is 4.98 Å². The summed E-state index contributed by atoms with van der Waals surface area (Å²) in [4.78, 5) is 3.90. The van der Waals surface area contributed by atoms with Crippen molar-refractivity contribution in [3.8, 4) is 0 Å². The average Bonchev–Trinajstić information content (AvgIpc) is 2.15. The van der Waals surface area contributed by atoms with Gasteiger partial charge in [-0.3, -0.25) is 0 Å². The Bertz CT molecular complexity index is 393. The van der Waals surface area contributed by atoms with Gasteiger partial charge in [0.2, 0.25) is 0 Å². The summed E-state index contributed by atoms with van der Waals surface area (Å²) in [5, 5.41) is 0.367. The van der Waals surface area contributed by atoms with E-state index in [0.717, 1.165) is 12.1 Å². The zero-order valence-electron chi connectivity index (χ0n) is 9.68. The van der Waals surface area contributed by atoms with Gasteiger partial charge >= 0.3 is 6.18 Å². The predicted molar refractivity (Wildman–Crippen MR) is 64.4 cm³/mol. The van der Waals surface area contributed by atoms with E-state index in [1.54, 1.807) is 0 Å². The molecule has 1 aromatic heterocycles. The van der Waals surface area contributed by atoms with Crippen LogP contribution in [0.1, 0.15) is 26.3 Å². The summed E-state index contributed by atoms with van der Waals surface area (Å²) in [6, 6.07) is 1.88. The standard InChI is InChI=1S/C11H13ClF3NS/c1-6(2)7(3)17-10-5-8(11(13,14)15)4-9(12)16-10/h4-7H,1-3H3. The van der Waals surface area contributed by atoms with Crippen molar-refractivity contribution >= 4 is 23.4 Å². The van der Waals surface area contributed by atoms with Gasteiger partial charge in [-0.25, -0.2) is 4.98 Å². The van der Waals surface area contributed by atoms with Crippen LogP contribution in [0.5, 0.6) is 0 Å². The van der Waals surface area contributed by atoms with Gasteiger partial charge < -0.3 is 0 Å². The largest absolute Gasteiger partial charge is 0.416 e. The number of pyridine rings is 1. The summed E-state index contributed by atoms with van der Waals surface area (Å²) in [5.41, 5.74) is -0.754. The van der Waals surface area contributed by atoms with Crippen molar-refractivity contribution in [1.29, 1.82) is 0 Å². The second-order valence-electron chi connectivity index (χ2n) is 4.08. The Kier molecular flexibility index (Phi) is 4.72. The number of halogens is 4. The Morgan fingerprint density at radius 3 is 2.29 bits per heavy atom. The SMILES string of the molecule is CC(C)C(C)Sc1cc(C(F)(F)F)cc(Cl)n1. The summed E-state index contributed by atoms with van der Waals surface area (Å²) in [7, 11) is 0. The van der Waals surface area contributed by atoms with Crippen molar-refractivity contribution in [2.75, 3.05) is 0 Å². The van der Waals surface area contributed by atoms with Crippen molar-refractivity contribution in [1.82, 2.24) is 4.98 Å². The van der Waals surface area contributed by atoms with E-state index in [9.17, 15) is 13.2 Å². The molecule has 0 N–H and O–H groups in total. The molecule has 1 unspecified atom stereocenters. The van der Waals surface area contributed by atoms with E-state index in [0.29, 0.717) is 10.9 Å². The molecule has 17 heavy (non-hydrogen) atoms. The Labute approximate surface area is 108 Å². The average molecular weight is 284 g/mol. The molecular formula is C11H13ClF3NS. The van der Waals surface area contributed by atoms with Crippen LogP contribution in [0.15, 0.2) is 17.2 Å². The molecule has 96 valence electrons. The van der Waals surface area contributed by atoms with E-state index >= 15 is 0 Å². The lowest BCUT2D eigenvalue weighted by Crippen LogP contribution is -2.08. The molecule has 0 aliphatic heterocycles. The zero-order chi connectivity index (χ0) is 13.2. The molecule has 1 heterocycles. The first-order valence-electron chi connectivity index (χ1n) is 5.11. The van der Waals surface area contributed by atoms with Crippen LogP contribution in [-0.2, 0) is 6.18 Å². The van der Waals surface area contributed by atoms with Crippen molar-refractivity contribution in [3.63, 3.8) is 0 Å². The number of rotatable bonds is 3. The van der Waals surface area contributed by atoms with Crippen LogP contribution in [0, 0.1) is 5.92 Å². The minimum absolute atomic E-state index is 0.127. The van der Waals surface area contributed by atoms with E-state index < -0.39 is 11.7 Å². The minimum atomic E-state index is -4.39. The maximum Gasteiger partial charge on any atom is 0.416 e. The Morgan fingerprint density at radius 2 is 1.82 bits per heavy atom. The molecule has 1 rings (SSSR count). The van der Waals surface area contributed by atoms with E-state index in [-0.39, 0.29) is 10.4 Å². The van der Waals surface area contributed by atoms with Gasteiger partial charge in [0.15, 0.2) is 0 Å². The van der Waals surface area contributed by atoms with Crippen molar-refractivity contribution < 1.29 is 13.2 Å². The summed E-state index contributed by atoms with van der Waals surface area (Å²) < 4.78 is 37.6. The third kappa shape index (κ3) is 4.39. The molecule has 0 radical (unpaired) electrons. The van der Waals surface area contributed by atoms with Gasteiger partial charge in [-0.15, -0.1) is 11.8 Å². The number of alkyl halides is 3. The number of hydrogen-bond acceptors (Lipinski definition) is 2. The van der Waals surface area contributed by atoms with Gasteiger partial charge in [0.05, 0.1) is 10.6 Å². The fourth-order valence-electron chi connectivity index (χ4n) is 1.02. The molecule has 6 heteroatoms. The van der Waals surface area contributed by atoms with Gasteiger partial charge in [-0.2, -0.15) is 13.2 Å². The van der Waals surface area contributed by atoms with Crippen molar-refractivity contribution in [2.45, 2.75) is 37.2 Å².